The second-order valence-corrected chi connectivity index (χ2v) is 4.30. The highest BCUT2D eigenvalue weighted by molar-refractivity contribution is 5.87. The number of hydrogen-bond donors (Lipinski definition) is 2. The summed E-state index contributed by atoms with van der Waals surface area (Å²) < 4.78 is 26.6. The molecule has 0 aliphatic rings. The molecule has 1 aromatic carbocycles. The molecule has 0 radical (unpaired) electrons. The largest absolute Gasteiger partial charge is 0.409 e. The zero-order chi connectivity index (χ0) is 15.1. The van der Waals surface area contributed by atoms with Crippen molar-refractivity contribution in [2.24, 2.45) is 10.9 Å². The van der Waals surface area contributed by atoms with Crippen molar-refractivity contribution in [1.29, 1.82) is 0 Å². The zero-order valence-corrected chi connectivity index (χ0v) is 11.1. The van der Waals surface area contributed by atoms with Gasteiger partial charge in [-0.05, 0) is 12.5 Å². The highest BCUT2D eigenvalue weighted by Gasteiger charge is 2.18. The molecule has 0 aliphatic carbocycles. The van der Waals surface area contributed by atoms with Gasteiger partial charge in [-0.1, -0.05) is 24.2 Å². The number of halogens is 2. The Hall–Kier alpha value is -2.18. The van der Waals surface area contributed by atoms with Crippen molar-refractivity contribution in [1.82, 2.24) is 4.90 Å². The van der Waals surface area contributed by atoms with Crippen molar-refractivity contribution in [3.05, 3.63) is 35.4 Å². The average molecular weight is 285 g/mol. The van der Waals surface area contributed by atoms with Crippen LogP contribution in [-0.2, 0) is 11.2 Å². The van der Waals surface area contributed by atoms with E-state index in [0.29, 0.717) is 13.0 Å². The van der Waals surface area contributed by atoms with Gasteiger partial charge in [0.2, 0.25) is 5.91 Å². The molecule has 1 amide bonds. The molecule has 0 atom stereocenters. The van der Waals surface area contributed by atoms with Crippen LogP contribution in [0.3, 0.4) is 0 Å². The van der Waals surface area contributed by atoms with Crippen LogP contribution in [0.4, 0.5) is 8.78 Å². The van der Waals surface area contributed by atoms with Gasteiger partial charge in [0.25, 0.3) is 0 Å². The highest BCUT2D eigenvalue weighted by Crippen LogP contribution is 2.13. The van der Waals surface area contributed by atoms with Gasteiger partial charge in [0.1, 0.15) is 0 Å². The van der Waals surface area contributed by atoms with Gasteiger partial charge in [0, 0.05) is 12.1 Å². The van der Waals surface area contributed by atoms with Crippen LogP contribution in [0.2, 0.25) is 0 Å². The molecule has 0 aliphatic heterocycles. The normalized spacial score (nSPS) is 11.4. The Balaban J connectivity index is 2.82. The first-order valence-corrected chi connectivity index (χ1v) is 6.16. The standard InChI is InChI=1S/C13H17F2N3O2/c1-2-6-18(8-11(16)17-20)12(19)7-9-4-3-5-10(14)13(9)15/h3-5,20H,2,6-8H2,1H3,(H2,16,17). The van der Waals surface area contributed by atoms with E-state index in [2.05, 4.69) is 5.16 Å². The van der Waals surface area contributed by atoms with E-state index in [0.717, 1.165) is 6.07 Å². The quantitative estimate of drug-likeness (QED) is 0.360. The van der Waals surface area contributed by atoms with Gasteiger partial charge in [-0.3, -0.25) is 4.79 Å². The SMILES string of the molecule is CCCN(C/C(N)=N/O)C(=O)Cc1cccc(F)c1F. The number of hydrogen-bond acceptors (Lipinski definition) is 3. The van der Waals surface area contributed by atoms with Gasteiger partial charge in [-0.2, -0.15) is 0 Å². The molecule has 0 heterocycles. The number of amides is 1. The van der Waals surface area contributed by atoms with E-state index in [9.17, 15) is 13.6 Å². The molecule has 3 N–H and O–H groups in total. The number of benzene rings is 1. The summed E-state index contributed by atoms with van der Waals surface area (Å²) >= 11 is 0. The summed E-state index contributed by atoms with van der Waals surface area (Å²) in [6.45, 7) is 2.18. The second-order valence-electron chi connectivity index (χ2n) is 4.30. The Bertz CT molecular complexity index is 506. The molecule has 5 nitrogen and oxygen atoms in total. The number of carbonyl (C=O) groups excluding carboxylic acids is 1. The van der Waals surface area contributed by atoms with E-state index in [4.69, 9.17) is 10.9 Å². The van der Waals surface area contributed by atoms with Crippen molar-refractivity contribution in [3.8, 4) is 0 Å². The molecule has 0 saturated heterocycles. The van der Waals surface area contributed by atoms with Crippen LogP contribution in [0.1, 0.15) is 18.9 Å². The third kappa shape index (κ3) is 4.18. The molecule has 0 spiro atoms. The van der Waals surface area contributed by atoms with Crippen molar-refractivity contribution < 1.29 is 18.8 Å². The maximum Gasteiger partial charge on any atom is 0.227 e. The summed E-state index contributed by atoms with van der Waals surface area (Å²) in [6.07, 6.45) is 0.387. The Morgan fingerprint density at radius 1 is 1.45 bits per heavy atom. The molecule has 0 fully saturated rings. The summed E-state index contributed by atoms with van der Waals surface area (Å²) in [6, 6.07) is 3.68. The fourth-order valence-electron chi connectivity index (χ4n) is 1.75. The van der Waals surface area contributed by atoms with Crippen molar-refractivity contribution in [3.63, 3.8) is 0 Å². The maximum absolute atomic E-state index is 13.5. The van der Waals surface area contributed by atoms with Crippen LogP contribution < -0.4 is 5.73 Å². The minimum atomic E-state index is -1.03. The van der Waals surface area contributed by atoms with Crippen molar-refractivity contribution >= 4 is 11.7 Å². The van der Waals surface area contributed by atoms with Crippen molar-refractivity contribution in [2.45, 2.75) is 19.8 Å². The first kappa shape index (κ1) is 15.9. The van der Waals surface area contributed by atoms with Gasteiger partial charge in [0.05, 0.1) is 13.0 Å². The summed E-state index contributed by atoms with van der Waals surface area (Å²) in [5.74, 6) is -2.55. The first-order chi connectivity index (χ1) is 9.49. The molecule has 110 valence electrons. The molecule has 1 rings (SSSR count). The topological polar surface area (TPSA) is 78.9 Å². The Labute approximate surface area is 115 Å². The third-order valence-corrected chi connectivity index (χ3v) is 2.70. The summed E-state index contributed by atoms with van der Waals surface area (Å²) in [5, 5.41) is 11.3. The van der Waals surface area contributed by atoms with Gasteiger partial charge in [-0.25, -0.2) is 8.78 Å². The molecular weight excluding hydrogens is 268 g/mol. The van der Waals surface area contributed by atoms with Crippen LogP contribution >= 0.6 is 0 Å². The lowest BCUT2D eigenvalue weighted by Crippen LogP contribution is -2.40. The predicted octanol–water partition coefficient (Wildman–Crippen LogP) is 1.49. The van der Waals surface area contributed by atoms with Crippen molar-refractivity contribution in [2.75, 3.05) is 13.1 Å². The van der Waals surface area contributed by atoms with Crippen LogP contribution in [0, 0.1) is 11.6 Å². The zero-order valence-electron chi connectivity index (χ0n) is 11.1. The van der Waals surface area contributed by atoms with Crippen LogP contribution in [-0.4, -0.2) is 34.9 Å². The lowest BCUT2D eigenvalue weighted by Gasteiger charge is -2.21. The number of amidine groups is 1. The van der Waals surface area contributed by atoms with Gasteiger partial charge < -0.3 is 15.8 Å². The molecule has 7 heteroatoms. The number of nitrogens with zero attached hydrogens (tertiary/aromatic N) is 2. The number of oxime groups is 1. The summed E-state index contributed by atoms with van der Waals surface area (Å²) in [4.78, 5) is 13.4. The van der Waals surface area contributed by atoms with E-state index in [1.807, 2.05) is 6.92 Å². The Morgan fingerprint density at radius 2 is 2.15 bits per heavy atom. The number of rotatable bonds is 6. The molecule has 0 saturated carbocycles. The molecular formula is C13H17F2N3O2. The van der Waals surface area contributed by atoms with E-state index in [1.165, 1.54) is 17.0 Å². The third-order valence-electron chi connectivity index (χ3n) is 2.70. The molecule has 0 unspecified atom stereocenters. The average Bonchev–Trinajstić information content (AvgIpc) is 2.43. The monoisotopic (exact) mass is 285 g/mol. The van der Waals surface area contributed by atoms with Crippen LogP contribution in [0.5, 0.6) is 0 Å². The van der Waals surface area contributed by atoms with Gasteiger partial charge >= 0.3 is 0 Å². The molecule has 0 aromatic heterocycles. The smallest absolute Gasteiger partial charge is 0.227 e. The minimum absolute atomic E-state index is 0.0180. The molecule has 1 aromatic rings. The summed E-state index contributed by atoms with van der Waals surface area (Å²) in [7, 11) is 0. The van der Waals surface area contributed by atoms with E-state index >= 15 is 0 Å². The minimum Gasteiger partial charge on any atom is -0.409 e. The lowest BCUT2D eigenvalue weighted by molar-refractivity contribution is -0.129. The van der Waals surface area contributed by atoms with E-state index < -0.39 is 17.5 Å². The fourth-order valence-corrected chi connectivity index (χ4v) is 1.75. The van der Waals surface area contributed by atoms with Crippen LogP contribution in [0.25, 0.3) is 0 Å². The predicted molar refractivity (Wildman–Crippen MR) is 70.3 cm³/mol. The van der Waals surface area contributed by atoms with E-state index in [1.54, 1.807) is 0 Å². The fraction of sp³-hybridized carbons (Fsp3) is 0.385. The summed E-state index contributed by atoms with van der Waals surface area (Å²) in [5.41, 5.74) is 5.34. The van der Waals surface area contributed by atoms with Gasteiger partial charge in [-0.15, -0.1) is 0 Å². The van der Waals surface area contributed by atoms with Gasteiger partial charge in [0.15, 0.2) is 17.5 Å². The Kier molecular flexibility index (Phi) is 5.89. The number of carbonyl (C=O) groups is 1. The molecule has 0 bridgehead atoms. The maximum atomic E-state index is 13.5. The van der Waals surface area contributed by atoms with Crippen LogP contribution in [0.15, 0.2) is 23.4 Å². The second kappa shape index (κ2) is 7.42. The Morgan fingerprint density at radius 3 is 2.75 bits per heavy atom. The number of nitrogens with two attached hydrogens (primary N) is 1. The highest BCUT2D eigenvalue weighted by atomic mass is 19.2. The molecule has 20 heavy (non-hydrogen) atoms. The lowest BCUT2D eigenvalue weighted by atomic mass is 10.1. The first-order valence-electron chi connectivity index (χ1n) is 6.16. The van der Waals surface area contributed by atoms with E-state index in [-0.39, 0.29) is 24.4 Å².